The van der Waals surface area contributed by atoms with Crippen LogP contribution in [0.1, 0.15) is 25.0 Å². The Morgan fingerprint density at radius 2 is 1.62 bits per heavy atom. The average Bonchev–Trinajstić information content (AvgIpc) is 2.75. The first-order chi connectivity index (χ1) is 14.0. The van der Waals surface area contributed by atoms with Gasteiger partial charge in [-0.25, -0.2) is 4.79 Å². The largest absolute Gasteiger partial charge is 0.450 e. The van der Waals surface area contributed by atoms with Gasteiger partial charge < -0.3 is 14.4 Å². The minimum absolute atomic E-state index is 0.220. The Bertz CT molecular complexity index is 776. The first-order valence-corrected chi connectivity index (χ1v) is 10.5. The molecule has 0 spiro atoms. The highest BCUT2D eigenvalue weighted by molar-refractivity contribution is 6.30. The van der Waals surface area contributed by atoms with Crippen LogP contribution in [0.2, 0.25) is 5.02 Å². The Kier molecular flexibility index (Phi) is 7.53. The number of hydrogen-bond donors (Lipinski definition) is 0. The van der Waals surface area contributed by atoms with Crippen molar-refractivity contribution in [3.8, 4) is 0 Å². The summed E-state index contributed by atoms with van der Waals surface area (Å²) in [4.78, 5) is 15.9. The summed E-state index contributed by atoms with van der Waals surface area (Å²) >= 11 is 6.08. The number of carbonyl (C=O) groups is 1. The second kappa shape index (κ2) is 10.1. The summed E-state index contributed by atoms with van der Waals surface area (Å²) in [5.74, 6) is 0. The van der Waals surface area contributed by atoms with Crippen molar-refractivity contribution >= 4 is 17.7 Å². The first-order valence-electron chi connectivity index (χ1n) is 10.1. The molecule has 1 saturated heterocycles. The molecule has 1 amide bonds. The number of hydrogen-bond acceptors (Lipinski definition) is 4. The third kappa shape index (κ3) is 5.50. The van der Waals surface area contributed by atoms with E-state index in [2.05, 4.69) is 24.0 Å². The van der Waals surface area contributed by atoms with Crippen LogP contribution in [0.15, 0.2) is 54.6 Å². The predicted octanol–water partition coefficient (Wildman–Crippen LogP) is 4.39. The van der Waals surface area contributed by atoms with Crippen molar-refractivity contribution in [3.63, 3.8) is 0 Å². The molecule has 5 nitrogen and oxygen atoms in total. The molecule has 0 bridgehead atoms. The molecule has 1 aliphatic heterocycles. The van der Waals surface area contributed by atoms with Crippen LogP contribution in [0.25, 0.3) is 0 Å². The van der Waals surface area contributed by atoms with Gasteiger partial charge in [-0.3, -0.25) is 4.90 Å². The summed E-state index contributed by atoms with van der Waals surface area (Å²) in [6, 6.07) is 18.1. The topological polar surface area (TPSA) is 42.0 Å². The predicted molar refractivity (Wildman–Crippen MR) is 115 cm³/mol. The summed E-state index contributed by atoms with van der Waals surface area (Å²) in [5, 5.41) is 0.712. The zero-order valence-electron chi connectivity index (χ0n) is 17.1. The third-order valence-corrected chi connectivity index (χ3v) is 5.67. The number of halogens is 1. The molecule has 1 unspecified atom stereocenters. The van der Waals surface area contributed by atoms with E-state index in [9.17, 15) is 4.79 Å². The van der Waals surface area contributed by atoms with Crippen molar-refractivity contribution in [2.75, 3.05) is 45.9 Å². The van der Waals surface area contributed by atoms with Crippen LogP contribution >= 0.6 is 11.6 Å². The first kappa shape index (κ1) is 21.6. The minimum atomic E-state index is -0.557. The number of carbonyl (C=O) groups excluding carboxylic acids is 1. The fourth-order valence-corrected chi connectivity index (χ4v) is 3.73. The lowest BCUT2D eigenvalue weighted by Gasteiger charge is -2.36. The maximum atomic E-state index is 11.8. The molecule has 3 rings (SSSR count). The average molecular weight is 417 g/mol. The Hall–Kier alpha value is -2.08. The lowest BCUT2D eigenvalue weighted by molar-refractivity contribution is -0.0189. The van der Waals surface area contributed by atoms with Gasteiger partial charge >= 0.3 is 6.09 Å². The lowest BCUT2D eigenvalue weighted by Crippen LogP contribution is -2.49. The molecule has 2 aromatic rings. The van der Waals surface area contributed by atoms with E-state index in [4.69, 9.17) is 21.1 Å². The molecule has 2 aromatic carbocycles. The van der Waals surface area contributed by atoms with Crippen LogP contribution in [0.4, 0.5) is 4.79 Å². The monoisotopic (exact) mass is 416 g/mol. The number of amides is 1. The summed E-state index contributed by atoms with van der Waals surface area (Å²) in [6.07, 6.45) is -0.220. The van der Waals surface area contributed by atoms with Crippen LogP contribution in [-0.2, 0) is 15.1 Å². The number of rotatable bonds is 7. The highest BCUT2D eigenvalue weighted by atomic mass is 35.5. The molecule has 156 valence electrons. The number of ether oxygens (including phenoxy) is 2. The number of nitrogens with zero attached hydrogens (tertiary/aromatic N) is 2. The van der Waals surface area contributed by atoms with Gasteiger partial charge in [-0.1, -0.05) is 54.1 Å². The molecule has 0 aliphatic carbocycles. The molecule has 29 heavy (non-hydrogen) atoms. The summed E-state index contributed by atoms with van der Waals surface area (Å²) in [7, 11) is 0. The maximum Gasteiger partial charge on any atom is 0.409 e. The van der Waals surface area contributed by atoms with Gasteiger partial charge in [0.05, 0.1) is 13.2 Å². The summed E-state index contributed by atoms with van der Waals surface area (Å²) < 4.78 is 11.6. The fraction of sp³-hybridized carbons (Fsp3) is 0.435. The molecule has 0 N–H and O–H groups in total. The molecule has 1 atom stereocenters. The van der Waals surface area contributed by atoms with Crippen molar-refractivity contribution in [2.45, 2.75) is 19.4 Å². The zero-order valence-corrected chi connectivity index (χ0v) is 17.9. The Labute approximate surface area is 178 Å². The lowest BCUT2D eigenvalue weighted by atomic mass is 9.88. The Balaban J connectivity index is 1.60. The van der Waals surface area contributed by atoms with Crippen molar-refractivity contribution in [1.29, 1.82) is 0 Å². The quantitative estimate of drug-likeness (QED) is 0.671. The minimum Gasteiger partial charge on any atom is -0.450 e. The molecule has 1 fully saturated rings. The molecule has 6 heteroatoms. The summed E-state index contributed by atoms with van der Waals surface area (Å²) in [6.45, 7) is 8.77. The van der Waals surface area contributed by atoms with Crippen molar-refractivity contribution in [2.24, 2.45) is 0 Å². The van der Waals surface area contributed by atoms with E-state index in [1.54, 1.807) is 4.90 Å². The highest BCUT2D eigenvalue weighted by Gasteiger charge is 2.30. The van der Waals surface area contributed by atoms with E-state index in [1.165, 1.54) is 0 Å². The molecule has 0 saturated carbocycles. The summed E-state index contributed by atoms with van der Waals surface area (Å²) in [5.41, 5.74) is 1.62. The van der Waals surface area contributed by atoms with E-state index < -0.39 is 5.60 Å². The molecular weight excluding hydrogens is 388 g/mol. The van der Waals surface area contributed by atoms with E-state index >= 15 is 0 Å². The second-order valence-corrected chi connectivity index (χ2v) is 7.72. The third-order valence-electron chi connectivity index (χ3n) is 5.42. The van der Waals surface area contributed by atoms with E-state index in [0.29, 0.717) is 31.3 Å². The normalized spacial score (nSPS) is 17.0. The van der Waals surface area contributed by atoms with Crippen molar-refractivity contribution < 1.29 is 14.3 Å². The number of benzene rings is 2. The van der Waals surface area contributed by atoms with Gasteiger partial charge in [0, 0.05) is 37.7 Å². The van der Waals surface area contributed by atoms with Crippen LogP contribution in [-0.4, -0.2) is 61.8 Å². The SMILES string of the molecule is CCOC(=O)N1CCN(CCOC(C)(c2ccccc2)c2ccc(Cl)cc2)CC1. The smallest absolute Gasteiger partial charge is 0.409 e. The number of piperazine rings is 1. The van der Waals surface area contributed by atoms with Gasteiger partial charge in [-0.05, 0) is 37.1 Å². The standard InChI is InChI=1S/C23H29ClN2O3/c1-3-28-22(27)26-15-13-25(14-16-26)17-18-29-23(2,19-7-5-4-6-8-19)20-9-11-21(24)12-10-20/h4-12H,3,13-18H2,1-2H3. The molecule has 0 aromatic heterocycles. The van der Waals surface area contributed by atoms with Gasteiger partial charge in [-0.15, -0.1) is 0 Å². The van der Waals surface area contributed by atoms with Crippen LogP contribution in [0.5, 0.6) is 0 Å². The molecule has 1 aliphatic rings. The zero-order chi connectivity index (χ0) is 20.7. The molecular formula is C23H29ClN2O3. The van der Waals surface area contributed by atoms with Gasteiger partial charge in [0.15, 0.2) is 0 Å². The van der Waals surface area contributed by atoms with Crippen LogP contribution < -0.4 is 0 Å². The maximum absolute atomic E-state index is 11.8. The van der Waals surface area contributed by atoms with E-state index in [0.717, 1.165) is 30.8 Å². The molecule has 1 heterocycles. The highest BCUT2D eigenvalue weighted by Crippen LogP contribution is 2.33. The van der Waals surface area contributed by atoms with Crippen LogP contribution in [0, 0.1) is 0 Å². The van der Waals surface area contributed by atoms with Crippen molar-refractivity contribution in [1.82, 2.24) is 9.80 Å². The van der Waals surface area contributed by atoms with Crippen LogP contribution in [0.3, 0.4) is 0 Å². The van der Waals surface area contributed by atoms with Gasteiger partial charge in [0.25, 0.3) is 0 Å². The van der Waals surface area contributed by atoms with Gasteiger partial charge in [0.1, 0.15) is 5.60 Å². The van der Waals surface area contributed by atoms with Crippen molar-refractivity contribution in [3.05, 3.63) is 70.7 Å². The van der Waals surface area contributed by atoms with E-state index in [-0.39, 0.29) is 6.09 Å². The second-order valence-electron chi connectivity index (χ2n) is 7.28. The fourth-order valence-electron chi connectivity index (χ4n) is 3.61. The Morgan fingerprint density at radius 1 is 1.00 bits per heavy atom. The molecule has 0 radical (unpaired) electrons. The Morgan fingerprint density at radius 3 is 2.24 bits per heavy atom. The van der Waals surface area contributed by atoms with Gasteiger partial charge in [0.2, 0.25) is 0 Å². The van der Waals surface area contributed by atoms with E-state index in [1.807, 2.05) is 49.4 Å². The van der Waals surface area contributed by atoms with Gasteiger partial charge in [-0.2, -0.15) is 0 Å².